The molecule has 0 unspecified atom stereocenters. The summed E-state index contributed by atoms with van der Waals surface area (Å²) in [5, 5.41) is 12.9. The van der Waals surface area contributed by atoms with Gasteiger partial charge in [-0.05, 0) is 36.1 Å². The van der Waals surface area contributed by atoms with Crippen molar-refractivity contribution in [3.05, 3.63) is 89.6 Å². The fourth-order valence-corrected chi connectivity index (χ4v) is 4.27. The first-order chi connectivity index (χ1) is 16.0. The molecule has 0 saturated heterocycles. The number of H-pyrrole nitrogens is 1. The molecule has 0 saturated carbocycles. The van der Waals surface area contributed by atoms with E-state index in [2.05, 4.69) is 39.0 Å². The van der Waals surface area contributed by atoms with E-state index in [4.69, 9.17) is 15.9 Å². The molecule has 8 heteroatoms. The predicted octanol–water partition coefficient (Wildman–Crippen LogP) is 4.24. The van der Waals surface area contributed by atoms with Crippen molar-refractivity contribution in [3.63, 3.8) is 0 Å². The van der Waals surface area contributed by atoms with E-state index in [0.717, 1.165) is 12.8 Å². The van der Waals surface area contributed by atoms with Crippen molar-refractivity contribution in [1.82, 2.24) is 15.0 Å². The number of nitrogen functional groups attached to an aromatic ring is 1. The maximum Gasteiger partial charge on any atom is 0.165 e. The van der Waals surface area contributed by atoms with Crippen LogP contribution in [0.5, 0.6) is 5.75 Å². The Morgan fingerprint density at radius 2 is 2.00 bits per heavy atom. The van der Waals surface area contributed by atoms with Crippen LogP contribution in [-0.4, -0.2) is 33.3 Å². The van der Waals surface area contributed by atoms with Crippen molar-refractivity contribution in [3.8, 4) is 5.75 Å². The van der Waals surface area contributed by atoms with Crippen molar-refractivity contribution < 1.29 is 9.13 Å². The standard InChI is InChI=1S/C25H23FN6O/c1-2-7-33-21-12-19-16(10-18(21)26)11-20(32-19)23(27)22-24(28)29-13-30-25(22)31-17-8-14-5-3-4-6-15(14)9-17/h2-6,10-13,17,27,32H,1,7-9H2,(H3,28,29,30,31). The van der Waals surface area contributed by atoms with E-state index in [0.29, 0.717) is 28.0 Å². The molecule has 0 radical (unpaired) electrons. The number of nitrogens with zero attached hydrogens (tertiary/aromatic N) is 2. The minimum atomic E-state index is -0.479. The second-order valence-electron chi connectivity index (χ2n) is 8.03. The van der Waals surface area contributed by atoms with Gasteiger partial charge in [0.25, 0.3) is 0 Å². The third-order valence-corrected chi connectivity index (χ3v) is 5.82. The summed E-state index contributed by atoms with van der Waals surface area (Å²) in [4.78, 5) is 11.6. The predicted molar refractivity (Wildman–Crippen MR) is 128 cm³/mol. The zero-order valence-electron chi connectivity index (χ0n) is 17.9. The van der Waals surface area contributed by atoms with Gasteiger partial charge in [0.2, 0.25) is 0 Å². The number of benzene rings is 2. The topological polar surface area (TPSA) is 113 Å². The van der Waals surface area contributed by atoms with Gasteiger partial charge in [0.05, 0.1) is 17.0 Å². The minimum absolute atomic E-state index is 0.119. The highest BCUT2D eigenvalue weighted by molar-refractivity contribution is 6.16. The van der Waals surface area contributed by atoms with Crippen LogP contribution < -0.4 is 15.8 Å². The summed E-state index contributed by atoms with van der Waals surface area (Å²) in [5.74, 6) is 0.346. The molecule has 0 bridgehead atoms. The van der Waals surface area contributed by atoms with E-state index in [9.17, 15) is 4.39 Å². The van der Waals surface area contributed by atoms with E-state index < -0.39 is 5.82 Å². The first-order valence-corrected chi connectivity index (χ1v) is 10.6. The van der Waals surface area contributed by atoms with Crippen molar-refractivity contribution in [2.75, 3.05) is 17.7 Å². The highest BCUT2D eigenvalue weighted by Crippen LogP contribution is 2.30. The first kappa shape index (κ1) is 20.7. The summed E-state index contributed by atoms with van der Waals surface area (Å²) < 4.78 is 19.7. The third-order valence-electron chi connectivity index (χ3n) is 5.82. The third kappa shape index (κ3) is 3.91. The molecule has 166 valence electrons. The number of halogens is 1. The average molecular weight is 442 g/mol. The van der Waals surface area contributed by atoms with Gasteiger partial charge < -0.3 is 20.8 Å². The zero-order chi connectivity index (χ0) is 22.9. The van der Waals surface area contributed by atoms with Gasteiger partial charge in [-0.15, -0.1) is 0 Å². The summed E-state index contributed by atoms with van der Waals surface area (Å²) >= 11 is 0. The molecule has 4 aromatic rings. The van der Waals surface area contributed by atoms with Gasteiger partial charge in [-0.25, -0.2) is 14.4 Å². The van der Waals surface area contributed by atoms with Crippen molar-refractivity contribution >= 4 is 28.3 Å². The number of nitrogens with two attached hydrogens (primary N) is 1. The number of aromatic nitrogens is 3. The minimum Gasteiger partial charge on any atom is -0.486 e. The van der Waals surface area contributed by atoms with Crippen LogP contribution in [0.15, 0.2) is 61.4 Å². The summed E-state index contributed by atoms with van der Waals surface area (Å²) in [5.41, 5.74) is 10.4. The van der Waals surface area contributed by atoms with Gasteiger partial charge in [-0.3, -0.25) is 5.41 Å². The summed E-state index contributed by atoms with van der Waals surface area (Å²) in [7, 11) is 0. The van der Waals surface area contributed by atoms with E-state index in [1.54, 1.807) is 18.2 Å². The van der Waals surface area contributed by atoms with Crippen LogP contribution in [0.4, 0.5) is 16.0 Å². The van der Waals surface area contributed by atoms with Crippen LogP contribution in [0.3, 0.4) is 0 Å². The molecule has 0 spiro atoms. The Labute approximate surface area is 190 Å². The Balaban J connectivity index is 1.45. The number of hydrogen-bond donors (Lipinski definition) is 4. The van der Waals surface area contributed by atoms with Gasteiger partial charge in [0, 0.05) is 23.0 Å². The fourth-order valence-electron chi connectivity index (χ4n) is 4.27. The quantitative estimate of drug-likeness (QED) is 0.253. The van der Waals surface area contributed by atoms with Crippen molar-refractivity contribution in [2.24, 2.45) is 0 Å². The largest absolute Gasteiger partial charge is 0.486 e. The maximum atomic E-state index is 14.4. The van der Waals surface area contributed by atoms with Crippen molar-refractivity contribution in [2.45, 2.75) is 18.9 Å². The molecule has 0 amide bonds. The van der Waals surface area contributed by atoms with Crippen LogP contribution in [0.1, 0.15) is 22.4 Å². The van der Waals surface area contributed by atoms with Gasteiger partial charge in [-0.1, -0.05) is 36.9 Å². The number of nitrogens with one attached hydrogen (secondary N) is 3. The molecule has 0 fully saturated rings. The molecule has 2 aromatic heterocycles. The Kier molecular flexibility index (Phi) is 5.26. The lowest BCUT2D eigenvalue weighted by Crippen LogP contribution is -2.23. The lowest BCUT2D eigenvalue weighted by Gasteiger charge is -2.17. The Morgan fingerprint density at radius 3 is 2.73 bits per heavy atom. The SMILES string of the molecule is C=CCOc1cc2[nH]c(C(=N)c3c(N)ncnc3NC3Cc4ccccc4C3)cc2cc1F. The monoisotopic (exact) mass is 442 g/mol. The highest BCUT2D eigenvalue weighted by Gasteiger charge is 2.24. The van der Waals surface area contributed by atoms with Gasteiger partial charge >= 0.3 is 0 Å². The second-order valence-corrected chi connectivity index (χ2v) is 8.03. The summed E-state index contributed by atoms with van der Waals surface area (Å²) in [6.45, 7) is 3.78. The molecule has 2 aromatic carbocycles. The van der Waals surface area contributed by atoms with Crippen LogP contribution >= 0.6 is 0 Å². The van der Waals surface area contributed by atoms with Crippen LogP contribution in [0, 0.1) is 11.2 Å². The number of aromatic amines is 1. The van der Waals surface area contributed by atoms with Crippen LogP contribution in [0.25, 0.3) is 10.9 Å². The van der Waals surface area contributed by atoms with E-state index in [-0.39, 0.29) is 29.9 Å². The van der Waals surface area contributed by atoms with E-state index >= 15 is 0 Å². The second kappa shape index (κ2) is 8.38. The fraction of sp³-hybridized carbons (Fsp3) is 0.160. The molecule has 0 atom stereocenters. The molecule has 0 aliphatic heterocycles. The molecular weight excluding hydrogens is 419 g/mol. The molecule has 7 nitrogen and oxygen atoms in total. The molecule has 1 aliphatic rings. The maximum absolute atomic E-state index is 14.4. The molecular formula is C25H23FN6O. The average Bonchev–Trinajstić information content (AvgIpc) is 3.40. The zero-order valence-corrected chi connectivity index (χ0v) is 17.9. The normalized spacial score (nSPS) is 13.1. The van der Waals surface area contributed by atoms with Gasteiger partial charge in [0.1, 0.15) is 24.6 Å². The van der Waals surface area contributed by atoms with Crippen molar-refractivity contribution in [1.29, 1.82) is 5.41 Å². The van der Waals surface area contributed by atoms with E-state index in [1.165, 1.54) is 23.5 Å². The summed E-state index contributed by atoms with van der Waals surface area (Å²) in [6.07, 6.45) is 4.67. The Hall–Kier alpha value is -4.20. The Bertz CT molecular complexity index is 1350. The van der Waals surface area contributed by atoms with Crippen LogP contribution in [-0.2, 0) is 12.8 Å². The van der Waals surface area contributed by atoms with Gasteiger partial charge in [0.15, 0.2) is 11.6 Å². The molecule has 5 rings (SSSR count). The number of hydrogen-bond acceptors (Lipinski definition) is 6. The smallest absolute Gasteiger partial charge is 0.165 e. The first-order valence-electron chi connectivity index (χ1n) is 10.6. The molecule has 1 aliphatic carbocycles. The van der Waals surface area contributed by atoms with E-state index in [1.807, 2.05) is 12.1 Å². The molecule has 2 heterocycles. The lowest BCUT2D eigenvalue weighted by atomic mass is 10.1. The number of rotatable bonds is 7. The lowest BCUT2D eigenvalue weighted by molar-refractivity contribution is 0.342. The number of ether oxygens (including phenoxy) is 1. The molecule has 5 N–H and O–H groups in total. The number of fused-ring (bicyclic) bond motifs is 2. The summed E-state index contributed by atoms with van der Waals surface area (Å²) in [6, 6.07) is 13.1. The van der Waals surface area contributed by atoms with Gasteiger partial charge in [-0.2, -0.15) is 0 Å². The molecule has 33 heavy (non-hydrogen) atoms. The Morgan fingerprint density at radius 1 is 1.24 bits per heavy atom. The van der Waals surface area contributed by atoms with Crippen LogP contribution in [0.2, 0.25) is 0 Å². The highest BCUT2D eigenvalue weighted by atomic mass is 19.1. The number of anilines is 2.